The summed E-state index contributed by atoms with van der Waals surface area (Å²) in [6, 6.07) is 17.8. The lowest BCUT2D eigenvalue weighted by molar-refractivity contribution is 0.498. The van der Waals surface area contributed by atoms with Gasteiger partial charge in [-0.3, -0.25) is 4.31 Å². The van der Waals surface area contributed by atoms with E-state index in [2.05, 4.69) is 0 Å². The van der Waals surface area contributed by atoms with Gasteiger partial charge in [0.2, 0.25) is 10.0 Å². The van der Waals surface area contributed by atoms with Crippen LogP contribution < -0.4 is 0 Å². The second-order valence-electron chi connectivity index (χ2n) is 4.87. The van der Waals surface area contributed by atoms with Gasteiger partial charge in [0, 0.05) is 11.8 Å². The summed E-state index contributed by atoms with van der Waals surface area (Å²) in [7, 11) is -3.25. The van der Waals surface area contributed by atoms with E-state index in [9.17, 15) is 8.42 Å². The number of sulfonamides is 1. The van der Waals surface area contributed by atoms with Crippen LogP contribution in [0.25, 0.3) is 5.57 Å². The Balaban J connectivity index is 2.20. The van der Waals surface area contributed by atoms with Crippen LogP contribution in [-0.2, 0) is 16.6 Å². The zero-order valence-corrected chi connectivity index (χ0v) is 12.0. The van der Waals surface area contributed by atoms with Gasteiger partial charge in [0.05, 0.1) is 12.8 Å². The molecule has 0 saturated heterocycles. The molecule has 2 aromatic carbocycles. The van der Waals surface area contributed by atoms with E-state index in [4.69, 9.17) is 0 Å². The highest BCUT2D eigenvalue weighted by molar-refractivity contribution is 7.88. The number of fused-ring (bicyclic) bond motifs is 1. The predicted octanol–water partition coefficient (Wildman–Crippen LogP) is 2.85. The maximum absolute atomic E-state index is 11.9. The van der Waals surface area contributed by atoms with Crippen LogP contribution in [0.5, 0.6) is 0 Å². The van der Waals surface area contributed by atoms with Gasteiger partial charge in [-0.05, 0) is 16.7 Å². The Hall–Kier alpha value is -2.07. The normalized spacial score (nSPS) is 14.7. The molecule has 3 rings (SSSR count). The largest absolute Gasteiger partial charge is 0.272 e. The molecule has 0 aliphatic carbocycles. The van der Waals surface area contributed by atoms with Gasteiger partial charge in [0.25, 0.3) is 0 Å². The topological polar surface area (TPSA) is 37.4 Å². The molecular weight excluding hydrogens is 270 g/mol. The molecular formula is C16H15NO2S. The molecule has 2 aromatic rings. The molecule has 3 nitrogen and oxygen atoms in total. The lowest BCUT2D eigenvalue weighted by atomic mass is 9.93. The van der Waals surface area contributed by atoms with Crippen molar-refractivity contribution in [3.63, 3.8) is 0 Å². The third-order valence-electron chi connectivity index (χ3n) is 3.42. The molecule has 102 valence electrons. The molecule has 0 amide bonds. The molecule has 0 N–H and O–H groups in total. The molecule has 1 aliphatic rings. The fraction of sp³-hybridized carbons (Fsp3) is 0.125. The number of benzene rings is 2. The highest BCUT2D eigenvalue weighted by Gasteiger charge is 2.22. The summed E-state index contributed by atoms with van der Waals surface area (Å²) in [6.07, 6.45) is 2.97. The summed E-state index contributed by atoms with van der Waals surface area (Å²) in [4.78, 5) is 0. The van der Waals surface area contributed by atoms with Crippen molar-refractivity contribution in [1.82, 2.24) is 4.31 Å². The van der Waals surface area contributed by atoms with E-state index < -0.39 is 10.0 Å². The van der Waals surface area contributed by atoms with E-state index in [0.29, 0.717) is 6.54 Å². The van der Waals surface area contributed by atoms with Crippen molar-refractivity contribution in [3.8, 4) is 0 Å². The maximum Gasteiger partial charge on any atom is 0.232 e. The maximum atomic E-state index is 11.9. The first-order chi connectivity index (χ1) is 9.55. The van der Waals surface area contributed by atoms with Crippen LogP contribution >= 0.6 is 0 Å². The zero-order chi connectivity index (χ0) is 14.2. The van der Waals surface area contributed by atoms with Crippen LogP contribution in [0.4, 0.5) is 0 Å². The first-order valence-electron chi connectivity index (χ1n) is 6.38. The van der Waals surface area contributed by atoms with Crippen molar-refractivity contribution < 1.29 is 8.42 Å². The zero-order valence-electron chi connectivity index (χ0n) is 11.2. The van der Waals surface area contributed by atoms with Crippen LogP contribution in [-0.4, -0.2) is 19.0 Å². The van der Waals surface area contributed by atoms with Crippen molar-refractivity contribution in [3.05, 3.63) is 77.5 Å². The minimum atomic E-state index is -3.25. The van der Waals surface area contributed by atoms with E-state index in [1.54, 1.807) is 6.20 Å². The minimum absolute atomic E-state index is 0.394. The summed E-state index contributed by atoms with van der Waals surface area (Å²) in [5.41, 5.74) is 4.09. The molecule has 0 bridgehead atoms. The average molecular weight is 285 g/mol. The van der Waals surface area contributed by atoms with E-state index in [0.717, 1.165) is 22.3 Å². The van der Waals surface area contributed by atoms with Gasteiger partial charge < -0.3 is 0 Å². The van der Waals surface area contributed by atoms with Crippen molar-refractivity contribution in [2.75, 3.05) is 6.26 Å². The molecule has 20 heavy (non-hydrogen) atoms. The summed E-state index contributed by atoms with van der Waals surface area (Å²) < 4.78 is 25.1. The predicted molar refractivity (Wildman–Crippen MR) is 80.3 cm³/mol. The quantitative estimate of drug-likeness (QED) is 0.851. The van der Waals surface area contributed by atoms with Crippen molar-refractivity contribution in [2.45, 2.75) is 6.54 Å². The Bertz CT molecular complexity index is 764. The summed E-state index contributed by atoms with van der Waals surface area (Å²) >= 11 is 0. The third-order valence-corrected chi connectivity index (χ3v) is 4.50. The number of nitrogens with zero attached hydrogens (tertiary/aromatic N) is 1. The number of hydrogen-bond acceptors (Lipinski definition) is 2. The van der Waals surface area contributed by atoms with E-state index >= 15 is 0 Å². The van der Waals surface area contributed by atoms with E-state index in [-0.39, 0.29) is 0 Å². The molecule has 0 unspecified atom stereocenters. The molecule has 0 spiro atoms. The fourth-order valence-corrected chi connectivity index (χ4v) is 3.08. The Morgan fingerprint density at radius 3 is 2.30 bits per heavy atom. The molecule has 4 heteroatoms. The standard InChI is InChI=1S/C16H15NO2S/c1-20(18,19)17-11-14-9-5-6-10-15(14)16(12-17)13-7-3-2-4-8-13/h2-10,12H,11H2,1H3. The highest BCUT2D eigenvalue weighted by atomic mass is 32.2. The Kier molecular flexibility index (Phi) is 3.10. The van der Waals surface area contributed by atoms with E-state index in [1.165, 1.54) is 10.6 Å². The average Bonchev–Trinajstić information content (AvgIpc) is 2.46. The molecule has 0 atom stereocenters. The minimum Gasteiger partial charge on any atom is -0.272 e. The van der Waals surface area contributed by atoms with Gasteiger partial charge >= 0.3 is 0 Å². The van der Waals surface area contributed by atoms with Gasteiger partial charge in [-0.2, -0.15) is 0 Å². The van der Waals surface area contributed by atoms with Crippen LogP contribution in [0.15, 0.2) is 60.8 Å². The van der Waals surface area contributed by atoms with Crippen molar-refractivity contribution in [2.24, 2.45) is 0 Å². The Morgan fingerprint density at radius 2 is 1.60 bits per heavy atom. The lowest BCUT2D eigenvalue weighted by Gasteiger charge is -2.27. The molecule has 1 heterocycles. The Morgan fingerprint density at radius 1 is 0.950 bits per heavy atom. The van der Waals surface area contributed by atoms with Gasteiger partial charge in [0.1, 0.15) is 0 Å². The smallest absolute Gasteiger partial charge is 0.232 e. The highest BCUT2D eigenvalue weighted by Crippen LogP contribution is 2.32. The summed E-state index contributed by atoms with van der Waals surface area (Å²) in [5.74, 6) is 0. The number of rotatable bonds is 2. The van der Waals surface area contributed by atoms with Crippen LogP contribution in [0.3, 0.4) is 0 Å². The fourth-order valence-electron chi connectivity index (χ4n) is 2.41. The molecule has 1 aliphatic heterocycles. The third kappa shape index (κ3) is 2.34. The summed E-state index contributed by atoms with van der Waals surface area (Å²) in [6.45, 7) is 0.394. The number of hydrogen-bond donors (Lipinski definition) is 0. The van der Waals surface area contributed by atoms with Crippen molar-refractivity contribution >= 4 is 15.6 Å². The molecule has 0 aromatic heterocycles. The van der Waals surface area contributed by atoms with Gasteiger partial charge in [-0.1, -0.05) is 54.6 Å². The second kappa shape index (κ2) is 4.80. The first-order valence-corrected chi connectivity index (χ1v) is 8.23. The molecule has 0 saturated carbocycles. The molecule has 0 radical (unpaired) electrons. The van der Waals surface area contributed by atoms with Crippen LogP contribution in [0, 0.1) is 0 Å². The van der Waals surface area contributed by atoms with Gasteiger partial charge in [-0.15, -0.1) is 0 Å². The van der Waals surface area contributed by atoms with Gasteiger partial charge in [-0.25, -0.2) is 8.42 Å². The van der Waals surface area contributed by atoms with Crippen molar-refractivity contribution in [1.29, 1.82) is 0 Å². The Labute approximate surface area is 119 Å². The molecule has 0 fully saturated rings. The SMILES string of the molecule is CS(=O)(=O)N1C=C(c2ccccc2)c2ccccc2C1. The second-order valence-corrected chi connectivity index (χ2v) is 6.81. The summed E-state index contributed by atoms with van der Waals surface area (Å²) in [5, 5.41) is 0. The monoisotopic (exact) mass is 285 g/mol. The van der Waals surface area contributed by atoms with Crippen LogP contribution in [0.1, 0.15) is 16.7 Å². The first kappa shape index (κ1) is 12.9. The van der Waals surface area contributed by atoms with Gasteiger partial charge in [0.15, 0.2) is 0 Å². The van der Waals surface area contributed by atoms with E-state index in [1.807, 2.05) is 54.6 Å². The van der Waals surface area contributed by atoms with Crippen LogP contribution in [0.2, 0.25) is 0 Å². The lowest BCUT2D eigenvalue weighted by Crippen LogP contribution is -2.27.